The number of amides is 3. The first-order valence-electron chi connectivity index (χ1n) is 11.7. The zero-order chi connectivity index (χ0) is 25.2. The molecule has 0 aromatic heterocycles. The maximum atomic E-state index is 13.2. The van der Waals surface area contributed by atoms with Crippen molar-refractivity contribution in [1.82, 2.24) is 5.01 Å². The Hall–Kier alpha value is -4.53. The number of rotatable bonds is 7. The van der Waals surface area contributed by atoms with Crippen molar-refractivity contribution in [2.24, 2.45) is 10.3 Å². The topological polar surface area (TPSA) is 104 Å². The molecule has 3 aromatic carbocycles. The van der Waals surface area contributed by atoms with Crippen LogP contribution >= 0.6 is 0 Å². The van der Waals surface area contributed by atoms with Crippen molar-refractivity contribution in [1.29, 1.82) is 0 Å². The van der Waals surface area contributed by atoms with E-state index in [1.807, 2.05) is 42.5 Å². The largest absolute Gasteiger partial charge is 0.457 e. The molecule has 9 heteroatoms. The molecule has 3 amide bonds. The fourth-order valence-electron chi connectivity index (χ4n) is 4.20. The average molecular weight is 484 g/mol. The Morgan fingerprint density at radius 1 is 0.917 bits per heavy atom. The maximum absolute atomic E-state index is 13.2. The minimum absolute atomic E-state index is 0.216. The van der Waals surface area contributed by atoms with Crippen molar-refractivity contribution < 1.29 is 19.1 Å². The zero-order valence-corrected chi connectivity index (χ0v) is 19.9. The number of fused-ring (bicyclic) bond motifs is 1. The van der Waals surface area contributed by atoms with Gasteiger partial charge < -0.3 is 10.1 Å². The molecule has 1 fully saturated rings. The van der Waals surface area contributed by atoms with E-state index in [2.05, 4.69) is 29.5 Å². The number of anilines is 2. The summed E-state index contributed by atoms with van der Waals surface area (Å²) in [6.07, 6.45) is 0. The van der Waals surface area contributed by atoms with Gasteiger partial charge in [-0.05, 0) is 60.0 Å². The summed E-state index contributed by atoms with van der Waals surface area (Å²) in [5, 5.41) is 12.0. The minimum atomic E-state index is -0.954. The standard InChI is InChI=1S/C27H25N5O4/c1-17(2)18-8-12-20(13-9-18)32-26(34)24-25(27(32)35)31(30-29-24)16-23(33)28-19-10-14-22(15-11-19)36-21-6-4-3-5-7-21/h3-15,17,24-25H,16H2,1-2H3,(H,28,33)/t24-,25-/m0/s1. The highest BCUT2D eigenvalue weighted by atomic mass is 16.5. The Labute approximate surface area is 208 Å². The lowest BCUT2D eigenvalue weighted by Gasteiger charge is -2.20. The fraction of sp³-hybridized carbons (Fsp3) is 0.222. The average Bonchev–Trinajstić information content (AvgIpc) is 3.40. The highest BCUT2D eigenvalue weighted by Crippen LogP contribution is 2.32. The molecule has 3 aromatic rings. The van der Waals surface area contributed by atoms with Crippen LogP contribution < -0.4 is 15.0 Å². The SMILES string of the molecule is CC(C)c1ccc(N2C(=O)[C@H]3N=NN(CC(=O)Nc4ccc(Oc5ccccc5)cc4)[C@@H]3C2=O)cc1. The molecule has 0 unspecified atom stereocenters. The lowest BCUT2D eigenvalue weighted by molar-refractivity contribution is -0.123. The van der Waals surface area contributed by atoms with Gasteiger partial charge in [0.1, 0.15) is 18.0 Å². The molecule has 1 saturated heterocycles. The van der Waals surface area contributed by atoms with Gasteiger partial charge in [-0.25, -0.2) is 4.90 Å². The zero-order valence-electron chi connectivity index (χ0n) is 19.9. The van der Waals surface area contributed by atoms with Crippen molar-refractivity contribution in [3.05, 3.63) is 84.4 Å². The third-order valence-electron chi connectivity index (χ3n) is 6.10. The quantitative estimate of drug-likeness (QED) is 0.497. The molecule has 2 aliphatic heterocycles. The number of imide groups is 1. The summed E-state index contributed by atoms with van der Waals surface area (Å²) in [4.78, 5) is 39.9. The molecule has 0 radical (unpaired) electrons. The van der Waals surface area contributed by atoms with Gasteiger partial charge in [-0.3, -0.25) is 19.4 Å². The van der Waals surface area contributed by atoms with Crippen molar-refractivity contribution in [2.45, 2.75) is 31.8 Å². The number of carbonyl (C=O) groups is 3. The van der Waals surface area contributed by atoms with Crippen LogP contribution in [-0.2, 0) is 14.4 Å². The number of carbonyl (C=O) groups excluding carboxylic acids is 3. The number of ether oxygens (including phenoxy) is 1. The lowest BCUT2D eigenvalue weighted by Crippen LogP contribution is -2.43. The van der Waals surface area contributed by atoms with Crippen LogP contribution in [0.15, 0.2) is 89.2 Å². The summed E-state index contributed by atoms with van der Waals surface area (Å²) >= 11 is 0. The lowest BCUT2D eigenvalue weighted by atomic mass is 10.0. The molecule has 2 aliphatic rings. The molecule has 0 spiro atoms. The van der Waals surface area contributed by atoms with Crippen molar-refractivity contribution in [2.75, 3.05) is 16.8 Å². The number of hydrogen-bond acceptors (Lipinski definition) is 7. The summed E-state index contributed by atoms with van der Waals surface area (Å²) in [5.41, 5.74) is 2.16. The van der Waals surface area contributed by atoms with Gasteiger partial charge in [0.2, 0.25) is 5.91 Å². The minimum Gasteiger partial charge on any atom is -0.457 e. The summed E-state index contributed by atoms with van der Waals surface area (Å²) < 4.78 is 5.76. The Morgan fingerprint density at radius 2 is 1.58 bits per heavy atom. The fourth-order valence-corrected chi connectivity index (χ4v) is 4.20. The normalized spacial score (nSPS) is 18.6. The van der Waals surface area contributed by atoms with Crippen molar-refractivity contribution >= 4 is 29.1 Å². The van der Waals surface area contributed by atoms with Gasteiger partial charge in [-0.1, -0.05) is 49.4 Å². The van der Waals surface area contributed by atoms with Crippen molar-refractivity contribution in [3.63, 3.8) is 0 Å². The van der Waals surface area contributed by atoms with E-state index >= 15 is 0 Å². The van der Waals surface area contributed by atoms with Gasteiger partial charge in [-0.15, -0.1) is 0 Å². The highest BCUT2D eigenvalue weighted by Gasteiger charge is 2.55. The second-order valence-corrected chi connectivity index (χ2v) is 8.94. The van der Waals surface area contributed by atoms with Gasteiger partial charge in [0.25, 0.3) is 11.8 Å². The second-order valence-electron chi connectivity index (χ2n) is 8.94. The maximum Gasteiger partial charge on any atom is 0.263 e. The van der Waals surface area contributed by atoms with Crippen LogP contribution in [0.25, 0.3) is 0 Å². The Kier molecular flexibility index (Phi) is 6.20. The molecule has 182 valence electrons. The van der Waals surface area contributed by atoms with Gasteiger partial charge >= 0.3 is 0 Å². The van der Waals surface area contributed by atoms with Crippen molar-refractivity contribution in [3.8, 4) is 11.5 Å². The number of para-hydroxylation sites is 1. The molecule has 9 nitrogen and oxygen atoms in total. The molecule has 0 bridgehead atoms. The van der Waals surface area contributed by atoms with Crippen LogP contribution in [0.5, 0.6) is 11.5 Å². The molecule has 5 rings (SSSR count). The first-order valence-corrected chi connectivity index (χ1v) is 11.7. The Morgan fingerprint density at radius 3 is 2.25 bits per heavy atom. The molecular formula is C27H25N5O4. The molecule has 36 heavy (non-hydrogen) atoms. The summed E-state index contributed by atoms with van der Waals surface area (Å²) in [6.45, 7) is 3.93. The Balaban J connectivity index is 1.21. The van der Waals surface area contributed by atoms with Crippen LogP contribution in [0.1, 0.15) is 25.3 Å². The predicted molar refractivity (Wildman–Crippen MR) is 134 cm³/mol. The van der Waals surface area contributed by atoms with E-state index in [-0.39, 0.29) is 12.5 Å². The van der Waals surface area contributed by atoms with E-state index in [1.165, 1.54) is 5.01 Å². The van der Waals surface area contributed by atoms with Gasteiger partial charge in [0, 0.05) is 5.69 Å². The van der Waals surface area contributed by atoms with Crippen LogP contribution in [0.2, 0.25) is 0 Å². The van der Waals surface area contributed by atoms with E-state index in [9.17, 15) is 14.4 Å². The van der Waals surface area contributed by atoms with Crippen LogP contribution in [0, 0.1) is 0 Å². The van der Waals surface area contributed by atoms with E-state index in [1.54, 1.807) is 36.4 Å². The monoisotopic (exact) mass is 483 g/mol. The number of benzene rings is 3. The summed E-state index contributed by atoms with van der Waals surface area (Å²) in [7, 11) is 0. The summed E-state index contributed by atoms with van der Waals surface area (Å²) in [6, 6.07) is 21.7. The van der Waals surface area contributed by atoms with Gasteiger partial charge in [-0.2, -0.15) is 5.11 Å². The number of hydrogen-bond donors (Lipinski definition) is 1. The Bertz CT molecular complexity index is 1310. The van der Waals surface area contributed by atoms with Gasteiger partial charge in [0.05, 0.1) is 5.69 Å². The molecule has 2 atom stereocenters. The second kappa shape index (κ2) is 9.61. The highest BCUT2D eigenvalue weighted by molar-refractivity contribution is 6.25. The molecular weight excluding hydrogens is 458 g/mol. The van der Waals surface area contributed by atoms with Crippen LogP contribution in [0.4, 0.5) is 11.4 Å². The van der Waals surface area contributed by atoms with Gasteiger partial charge in [0.15, 0.2) is 12.1 Å². The van der Waals surface area contributed by atoms with E-state index < -0.39 is 23.9 Å². The third-order valence-corrected chi connectivity index (χ3v) is 6.10. The third kappa shape index (κ3) is 4.55. The number of nitrogens with zero attached hydrogens (tertiary/aromatic N) is 4. The first-order chi connectivity index (χ1) is 17.4. The van der Waals surface area contributed by atoms with E-state index in [0.717, 1.165) is 10.5 Å². The molecule has 0 aliphatic carbocycles. The van der Waals surface area contributed by atoms with Crippen LogP contribution in [0.3, 0.4) is 0 Å². The smallest absolute Gasteiger partial charge is 0.263 e. The summed E-state index contributed by atoms with van der Waals surface area (Å²) in [5.74, 6) is 0.409. The molecule has 2 heterocycles. The van der Waals surface area contributed by atoms with Crippen LogP contribution in [-0.4, -0.2) is 41.4 Å². The molecule has 0 saturated carbocycles. The van der Waals surface area contributed by atoms with E-state index in [4.69, 9.17) is 4.74 Å². The van der Waals surface area contributed by atoms with E-state index in [0.29, 0.717) is 28.8 Å². The predicted octanol–water partition coefficient (Wildman–Crippen LogP) is 4.53. The molecule has 1 N–H and O–H groups in total. The number of nitrogens with one attached hydrogen (secondary N) is 1. The first kappa shape index (κ1) is 23.2.